The van der Waals surface area contributed by atoms with Crippen LogP contribution in [0.4, 0.5) is 0 Å². The van der Waals surface area contributed by atoms with E-state index in [2.05, 4.69) is 52.4 Å². The molecule has 132 valence electrons. The Hall–Kier alpha value is -2.10. The van der Waals surface area contributed by atoms with Crippen LogP contribution < -0.4 is 5.32 Å². The van der Waals surface area contributed by atoms with Crippen LogP contribution >= 0.6 is 0 Å². The second kappa shape index (κ2) is 6.32. The number of fused-ring (bicyclic) bond motifs is 1. The summed E-state index contributed by atoms with van der Waals surface area (Å²) < 4.78 is 2.10. The van der Waals surface area contributed by atoms with Gasteiger partial charge in [-0.2, -0.15) is 5.10 Å². The fourth-order valence-electron chi connectivity index (χ4n) is 4.16. The van der Waals surface area contributed by atoms with Gasteiger partial charge >= 0.3 is 0 Å². The molecule has 0 bridgehead atoms. The quantitative estimate of drug-likeness (QED) is 0.877. The summed E-state index contributed by atoms with van der Waals surface area (Å²) >= 11 is 0. The first-order valence-corrected chi connectivity index (χ1v) is 9.40. The Bertz CT molecular complexity index is 788. The Morgan fingerprint density at radius 3 is 2.84 bits per heavy atom. The van der Waals surface area contributed by atoms with Crippen molar-refractivity contribution in [3.63, 3.8) is 0 Å². The Kier molecular flexibility index (Phi) is 4.14. The molecule has 1 saturated carbocycles. The summed E-state index contributed by atoms with van der Waals surface area (Å²) in [7, 11) is 0. The number of carbonyl (C=O) groups is 1. The topological polar surface area (TPSA) is 46.9 Å². The highest BCUT2D eigenvalue weighted by molar-refractivity contribution is 5.77. The third-order valence-corrected chi connectivity index (χ3v) is 5.90. The highest BCUT2D eigenvalue weighted by atomic mass is 16.1. The lowest BCUT2D eigenvalue weighted by Crippen LogP contribution is -2.33. The molecule has 0 saturated heterocycles. The van der Waals surface area contributed by atoms with E-state index in [1.807, 2.05) is 6.92 Å². The maximum Gasteiger partial charge on any atom is 0.220 e. The fourth-order valence-corrected chi connectivity index (χ4v) is 4.16. The van der Waals surface area contributed by atoms with E-state index in [1.54, 1.807) is 0 Å². The normalized spacial score (nSPS) is 20.3. The number of carbonyl (C=O) groups excluding carboxylic acids is 1. The van der Waals surface area contributed by atoms with Gasteiger partial charge in [-0.1, -0.05) is 24.3 Å². The smallest absolute Gasteiger partial charge is 0.220 e. The van der Waals surface area contributed by atoms with Crippen molar-refractivity contribution in [2.24, 2.45) is 5.41 Å². The van der Waals surface area contributed by atoms with Gasteiger partial charge < -0.3 is 5.32 Å². The SMILES string of the molecule is Cc1cc(C)n(CC2(CNC(=O)C[C@H]3CCc4ccccc43)CC2)n1. The first-order chi connectivity index (χ1) is 12.0. The summed E-state index contributed by atoms with van der Waals surface area (Å²) in [6, 6.07) is 10.7. The van der Waals surface area contributed by atoms with Gasteiger partial charge in [-0.3, -0.25) is 9.48 Å². The highest BCUT2D eigenvalue weighted by Crippen LogP contribution is 2.46. The van der Waals surface area contributed by atoms with E-state index in [4.69, 9.17) is 0 Å². The van der Waals surface area contributed by atoms with Crippen molar-refractivity contribution >= 4 is 5.91 Å². The van der Waals surface area contributed by atoms with Crippen molar-refractivity contribution in [3.05, 3.63) is 52.8 Å². The zero-order valence-corrected chi connectivity index (χ0v) is 15.2. The first-order valence-electron chi connectivity index (χ1n) is 9.40. The van der Waals surface area contributed by atoms with Crippen molar-refractivity contribution < 1.29 is 4.79 Å². The van der Waals surface area contributed by atoms with Crippen molar-refractivity contribution in [3.8, 4) is 0 Å². The summed E-state index contributed by atoms with van der Waals surface area (Å²) in [6.07, 6.45) is 5.18. The third-order valence-electron chi connectivity index (χ3n) is 5.90. The lowest BCUT2D eigenvalue weighted by atomic mass is 9.97. The molecule has 0 aliphatic heterocycles. The monoisotopic (exact) mass is 337 g/mol. The molecule has 4 heteroatoms. The van der Waals surface area contributed by atoms with E-state index in [9.17, 15) is 4.79 Å². The lowest BCUT2D eigenvalue weighted by Gasteiger charge is -2.18. The Labute approximate surface area is 149 Å². The average Bonchev–Trinajstić information content (AvgIpc) is 3.13. The number of aromatic nitrogens is 2. The van der Waals surface area contributed by atoms with E-state index >= 15 is 0 Å². The second-order valence-corrected chi connectivity index (χ2v) is 8.00. The largest absolute Gasteiger partial charge is 0.355 e. The molecule has 1 atom stereocenters. The Morgan fingerprint density at radius 1 is 1.32 bits per heavy atom. The van der Waals surface area contributed by atoms with Gasteiger partial charge in [-0.05, 0) is 62.6 Å². The molecule has 2 aromatic rings. The third kappa shape index (κ3) is 3.48. The maximum absolute atomic E-state index is 12.5. The van der Waals surface area contributed by atoms with Crippen molar-refractivity contribution in [1.29, 1.82) is 0 Å². The van der Waals surface area contributed by atoms with Crippen LogP contribution in [0.3, 0.4) is 0 Å². The molecule has 1 aromatic heterocycles. The van der Waals surface area contributed by atoms with Gasteiger partial charge in [0.2, 0.25) is 5.91 Å². The molecule has 2 aliphatic rings. The van der Waals surface area contributed by atoms with E-state index in [0.29, 0.717) is 12.3 Å². The van der Waals surface area contributed by atoms with E-state index in [-0.39, 0.29) is 11.3 Å². The standard InChI is InChI=1S/C21H27N3O/c1-15-11-16(2)24(23-15)14-21(9-10-21)13-22-20(25)12-18-8-7-17-5-3-4-6-19(17)18/h3-6,11,18H,7-10,12-14H2,1-2H3,(H,22,25)/t18-/m1/s1. The van der Waals surface area contributed by atoms with Crippen LogP contribution in [0.5, 0.6) is 0 Å². The van der Waals surface area contributed by atoms with Gasteiger partial charge in [-0.15, -0.1) is 0 Å². The molecule has 25 heavy (non-hydrogen) atoms. The molecular formula is C21H27N3O. The number of benzene rings is 1. The number of aryl methyl sites for hydroxylation is 3. The van der Waals surface area contributed by atoms with Crippen LogP contribution in [0, 0.1) is 19.3 Å². The molecular weight excluding hydrogens is 310 g/mol. The van der Waals surface area contributed by atoms with E-state index in [1.165, 1.54) is 29.7 Å². The fraction of sp³-hybridized carbons (Fsp3) is 0.524. The average molecular weight is 337 g/mol. The number of nitrogens with one attached hydrogen (secondary N) is 1. The number of nitrogens with zero attached hydrogens (tertiary/aromatic N) is 2. The van der Waals surface area contributed by atoms with Crippen LogP contribution in [0.15, 0.2) is 30.3 Å². The Balaban J connectivity index is 1.31. The molecule has 0 unspecified atom stereocenters. The summed E-state index contributed by atoms with van der Waals surface area (Å²) in [5.41, 5.74) is 5.28. The van der Waals surface area contributed by atoms with Crippen LogP contribution in [-0.2, 0) is 17.8 Å². The van der Waals surface area contributed by atoms with Crippen LogP contribution in [-0.4, -0.2) is 22.2 Å². The number of rotatable bonds is 6. The zero-order valence-electron chi connectivity index (χ0n) is 15.2. The Morgan fingerprint density at radius 2 is 2.12 bits per heavy atom. The first kappa shape index (κ1) is 16.4. The summed E-state index contributed by atoms with van der Waals surface area (Å²) in [5.74, 6) is 0.587. The molecule has 2 aliphatic carbocycles. The molecule has 1 aromatic carbocycles. The van der Waals surface area contributed by atoms with Crippen molar-refractivity contribution in [2.75, 3.05) is 6.54 Å². The van der Waals surface area contributed by atoms with Gasteiger partial charge in [0.05, 0.1) is 5.69 Å². The predicted molar refractivity (Wildman–Crippen MR) is 98.5 cm³/mol. The molecule has 1 N–H and O–H groups in total. The second-order valence-electron chi connectivity index (χ2n) is 8.00. The van der Waals surface area contributed by atoms with Crippen molar-refractivity contribution in [2.45, 2.75) is 58.4 Å². The van der Waals surface area contributed by atoms with E-state index < -0.39 is 0 Å². The molecule has 1 fully saturated rings. The van der Waals surface area contributed by atoms with Gasteiger partial charge in [0.15, 0.2) is 0 Å². The molecule has 4 nitrogen and oxygen atoms in total. The highest BCUT2D eigenvalue weighted by Gasteiger charge is 2.43. The summed E-state index contributed by atoms with van der Waals surface area (Å²) in [5, 5.41) is 7.78. The minimum atomic E-state index is 0.196. The summed E-state index contributed by atoms with van der Waals surface area (Å²) in [4.78, 5) is 12.5. The lowest BCUT2D eigenvalue weighted by molar-refractivity contribution is -0.121. The van der Waals surface area contributed by atoms with Gasteiger partial charge in [-0.25, -0.2) is 0 Å². The van der Waals surface area contributed by atoms with Gasteiger partial charge in [0.1, 0.15) is 0 Å². The number of hydrogen-bond acceptors (Lipinski definition) is 2. The molecule has 0 radical (unpaired) electrons. The molecule has 1 amide bonds. The zero-order chi connectivity index (χ0) is 17.4. The van der Waals surface area contributed by atoms with Gasteiger partial charge in [0, 0.05) is 30.6 Å². The molecule has 0 spiro atoms. The maximum atomic E-state index is 12.5. The van der Waals surface area contributed by atoms with Crippen LogP contribution in [0.2, 0.25) is 0 Å². The number of amides is 1. The minimum absolute atomic E-state index is 0.196. The molecule has 1 heterocycles. The van der Waals surface area contributed by atoms with Crippen LogP contribution in [0.25, 0.3) is 0 Å². The number of hydrogen-bond donors (Lipinski definition) is 1. The van der Waals surface area contributed by atoms with Crippen LogP contribution in [0.1, 0.15) is 54.1 Å². The van der Waals surface area contributed by atoms with Gasteiger partial charge in [0.25, 0.3) is 0 Å². The predicted octanol–water partition coefficient (Wildman–Crippen LogP) is 3.52. The molecule has 4 rings (SSSR count). The van der Waals surface area contributed by atoms with Crippen molar-refractivity contribution in [1.82, 2.24) is 15.1 Å². The summed E-state index contributed by atoms with van der Waals surface area (Å²) in [6.45, 7) is 5.83. The van der Waals surface area contributed by atoms with E-state index in [0.717, 1.165) is 31.6 Å². The minimum Gasteiger partial charge on any atom is -0.355 e.